The predicted molar refractivity (Wildman–Crippen MR) is 78.1 cm³/mol. The number of hydrogen-bond donors (Lipinski definition) is 1. The number of non-ortho nitro benzene ring substituents is 1. The van der Waals surface area contributed by atoms with Gasteiger partial charge in [-0.2, -0.15) is 5.26 Å². The van der Waals surface area contributed by atoms with Crippen molar-refractivity contribution < 1.29 is 9.72 Å². The highest BCUT2D eigenvalue weighted by Crippen LogP contribution is 2.31. The Balaban J connectivity index is 3.10. The number of nitrogens with zero attached hydrogens (tertiary/aromatic N) is 2. The van der Waals surface area contributed by atoms with Crippen molar-refractivity contribution in [2.75, 3.05) is 5.32 Å². The average molecular weight is 340 g/mol. The third-order valence-electron chi connectivity index (χ3n) is 3.26. The first-order valence-corrected chi connectivity index (χ1v) is 6.86. The summed E-state index contributed by atoms with van der Waals surface area (Å²) in [6.07, 6.45) is 0.747. The lowest BCUT2D eigenvalue weighted by molar-refractivity contribution is -0.384. The molecule has 1 N–H and O–H groups in total. The summed E-state index contributed by atoms with van der Waals surface area (Å²) < 4.78 is 0.524. The Morgan fingerprint density at radius 2 is 2.10 bits per heavy atom. The van der Waals surface area contributed by atoms with Gasteiger partial charge in [-0.15, -0.1) is 0 Å². The molecule has 0 unspecified atom stereocenters. The molecule has 0 atom stereocenters. The number of nitriles is 1. The average Bonchev–Trinajstić information content (AvgIpc) is 2.43. The first-order valence-electron chi connectivity index (χ1n) is 6.06. The summed E-state index contributed by atoms with van der Waals surface area (Å²) in [5, 5.41) is 22.5. The number of nitrogens with one attached hydrogen (secondary N) is 1. The van der Waals surface area contributed by atoms with Crippen molar-refractivity contribution in [3.05, 3.63) is 32.8 Å². The van der Waals surface area contributed by atoms with Crippen LogP contribution >= 0.6 is 15.9 Å². The SMILES string of the molecule is CCC(C#N)(CC)C(=O)Nc1cc([N+](=O)[O-])ccc1Br. The molecule has 7 heteroatoms. The Kier molecular flexibility index (Phi) is 5.22. The van der Waals surface area contributed by atoms with Crippen LogP contribution in [0.15, 0.2) is 22.7 Å². The van der Waals surface area contributed by atoms with Crippen molar-refractivity contribution >= 4 is 33.2 Å². The van der Waals surface area contributed by atoms with E-state index in [1.807, 2.05) is 6.07 Å². The molecule has 0 saturated carbocycles. The number of rotatable bonds is 5. The molecule has 1 aromatic carbocycles. The number of nitro benzene ring substituents is 1. The van der Waals surface area contributed by atoms with E-state index in [1.165, 1.54) is 18.2 Å². The van der Waals surface area contributed by atoms with Crippen LogP contribution in [0.25, 0.3) is 0 Å². The minimum Gasteiger partial charge on any atom is -0.323 e. The molecule has 0 aliphatic heterocycles. The zero-order valence-corrected chi connectivity index (χ0v) is 12.7. The molecule has 0 aliphatic rings. The molecular weight excluding hydrogens is 326 g/mol. The van der Waals surface area contributed by atoms with Gasteiger partial charge in [0.25, 0.3) is 5.69 Å². The smallest absolute Gasteiger partial charge is 0.271 e. The van der Waals surface area contributed by atoms with Crippen molar-refractivity contribution in [2.24, 2.45) is 5.41 Å². The molecule has 0 saturated heterocycles. The van der Waals surface area contributed by atoms with Crippen LogP contribution in [-0.4, -0.2) is 10.8 Å². The Bertz CT molecular complexity index is 577. The van der Waals surface area contributed by atoms with Gasteiger partial charge >= 0.3 is 0 Å². The molecular formula is C13H14BrN3O3. The molecule has 0 radical (unpaired) electrons. The number of carbonyl (C=O) groups excluding carboxylic acids is 1. The normalized spacial score (nSPS) is 10.7. The molecule has 0 spiro atoms. The van der Waals surface area contributed by atoms with Crippen molar-refractivity contribution in [3.63, 3.8) is 0 Å². The summed E-state index contributed by atoms with van der Waals surface area (Å²) in [6.45, 7) is 3.52. The maximum Gasteiger partial charge on any atom is 0.271 e. The maximum absolute atomic E-state index is 12.2. The molecule has 1 rings (SSSR count). The third-order valence-corrected chi connectivity index (χ3v) is 3.96. The molecule has 1 amide bonds. The lowest BCUT2D eigenvalue weighted by atomic mass is 9.83. The van der Waals surface area contributed by atoms with Crippen molar-refractivity contribution in [1.29, 1.82) is 5.26 Å². The van der Waals surface area contributed by atoms with Crippen LogP contribution < -0.4 is 5.32 Å². The summed E-state index contributed by atoms with van der Waals surface area (Å²) in [6, 6.07) is 6.11. The number of benzene rings is 1. The molecule has 106 valence electrons. The Morgan fingerprint density at radius 1 is 1.50 bits per heavy atom. The zero-order chi connectivity index (χ0) is 15.3. The third kappa shape index (κ3) is 3.14. The van der Waals surface area contributed by atoms with Gasteiger partial charge in [-0.05, 0) is 34.8 Å². The van der Waals surface area contributed by atoms with Crippen molar-refractivity contribution in [2.45, 2.75) is 26.7 Å². The molecule has 6 nitrogen and oxygen atoms in total. The van der Waals surface area contributed by atoms with E-state index < -0.39 is 16.2 Å². The van der Waals surface area contributed by atoms with E-state index in [-0.39, 0.29) is 11.4 Å². The molecule has 20 heavy (non-hydrogen) atoms. The van der Waals surface area contributed by atoms with E-state index in [1.54, 1.807) is 13.8 Å². The van der Waals surface area contributed by atoms with Gasteiger partial charge in [-0.1, -0.05) is 13.8 Å². The summed E-state index contributed by atoms with van der Waals surface area (Å²) in [7, 11) is 0. The lowest BCUT2D eigenvalue weighted by Crippen LogP contribution is -2.34. The van der Waals surface area contributed by atoms with Gasteiger partial charge in [0.1, 0.15) is 5.41 Å². The number of amides is 1. The van der Waals surface area contributed by atoms with Crippen LogP contribution in [0, 0.1) is 26.9 Å². The van der Waals surface area contributed by atoms with Crippen LogP contribution in [0.5, 0.6) is 0 Å². The van der Waals surface area contributed by atoms with E-state index >= 15 is 0 Å². The number of hydrogen-bond acceptors (Lipinski definition) is 4. The standard InChI is InChI=1S/C13H14BrN3O3/c1-3-13(4-2,8-15)12(18)16-11-7-9(17(19)20)5-6-10(11)14/h5-7H,3-4H2,1-2H3,(H,16,18). The van der Waals surface area contributed by atoms with E-state index in [4.69, 9.17) is 0 Å². The second-order valence-electron chi connectivity index (χ2n) is 4.28. The highest BCUT2D eigenvalue weighted by atomic mass is 79.9. The largest absolute Gasteiger partial charge is 0.323 e. The maximum atomic E-state index is 12.2. The highest BCUT2D eigenvalue weighted by Gasteiger charge is 2.35. The van der Waals surface area contributed by atoms with Crippen molar-refractivity contribution in [3.8, 4) is 6.07 Å². The second kappa shape index (κ2) is 6.48. The lowest BCUT2D eigenvalue weighted by Gasteiger charge is -2.22. The minimum atomic E-state index is -1.12. The topological polar surface area (TPSA) is 96.0 Å². The number of halogens is 1. The van der Waals surface area contributed by atoms with E-state index in [2.05, 4.69) is 21.2 Å². The fourth-order valence-corrected chi connectivity index (χ4v) is 2.09. The fourth-order valence-electron chi connectivity index (χ4n) is 1.74. The van der Waals surface area contributed by atoms with Gasteiger partial charge in [0.15, 0.2) is 0 Å². The van der Waals surface area contributed by atoms with Gasteiger partial charge in [0.2, 0.25) is 5.91 Å². The molecule has 0 heterocycles. The van der Waals surface area contributed by atoms with Crippen molar-refractivity contribution in [1.82, 2.24) is 0 Å². The van der Waals surface area contributed by atoms with Crippen LogP contribution in [-0.2, 0) is 4.79 Å². The van der Waals surface area contributed by atoms with Crippen LogP contribution in [0.2, 0.25) is 0 Å². The van der Waals surface area contributed by atoms with Gasteiger partial charge in [0, 0.05) is 16.6 Å². The first-order chi connectivity index (χ1) is 9.40. The molecule has 0 bridgehead atoms. The highest BCUT2D eigenvalue weighted by molar-refractivity contribution is 9.10. The monoisotopic (exact) mass is 339 g/mol. The van der Waals surface area contributed by atoms with Gasteiger partial charge in [-0.25, -0.2) is 0 Å². The Morgan fingerprint density at radius 3 is 2.55 bits per heavy atom. The van der Waals surface area contributed by atoms with Crippen LogP contribution in [0.3, 0.4) is 0 Å². The summed E-state index contributed by atoms with van der Waals surface area (Å²) in [5.41, 5.74) is -0.964. The van der Waals surface area contributed by atoms with Crippen LogP contribution in [0.4, 0.5) is 11.4 Å². The van der Waals surface area contributed by atoms with Gasteiger partial charge < -0.3 is 5.32 Å². The minimum absolute atomic E-state index is 0.126. The Hall–Kier alpha value is -1.94. The quantitative estimate of drug-likeness (QED) is 0.654. The van der Waals surface area contributed by atoms with E-state index in [9.17, 15) is 20.2 Å². The molecule has 0 aromatic heterocycles. The van der Waals surface area contributed by atoms with Gasteiger partial charge in [0.05, 0.1) is 16.7 Å². The summed E-state index contributed by atoms with van der Waals surface area (Å²) in [4.78, 5) is 22.4. The summed E-state index contributed by atoms with van der Waals surface area (Å²) in [5.74, 6) is -0.453. The number of carbonyl (C=O) groups is 1. The molecule has 1 aromatic rings. The molecule has 0 aliphatic carbocycles. The first kappa shape index (κ1) is 16.1. The predicted octanol–water partition coefficient (Wildman–Crippen LogP) is 3.63. The Labute approximate surface area is 125 Å². The van der Waals surface area contributed by atoms with E-state index in [0.29, 0.717) is 17.3 Å². The second-order valence-corrected chi connectivity index (χ2v) is 5.13. The molecule has 0 fully saturated rings. The number of anilines is 1. The van der Waals surface area contributed by atoms with Crippen LogP contribution in [0.1, 0.15) is 26.7 Å². The fraction of sp³-hybridized carbons (Fsp3) is 0.385. The van der Waals surface area contributed by atoms with Gasteiger partial charge in [-0.3, -0.25) is 14.9 Å². The number of nitro groups is 1. The zero-order valence-electron chi connectivity index (χ0n) is 11.1. The summed E-state index contributed by atoms with van der Waals surface area (Å²) >= 11 is 3.22. The van der Waals surface area contributed by atoms with E-state index in [0.717, 1.165) is 0 Å².